The molecule has 0 radical (unpaired) electrons. The van der Waals surface area contributed by atoms with Crippen molar-refractivity contribution in [1.29, 1.82) is 0 Å². The number of hydrogen-bond donors (Lipinski definition) is 4. The molecule has 0 unspecified atom stereocenters. The summed E-state index contributed by atoms with van der Waals surface area (Å²) in [5.41, 5.74) is 11.4. The quantitative estimate of drug-likeness (QED) is 0.426. The van der Waals surface area contributed by atoms with Crippen LogP contribution < -0.4 is 21.5 Å². The van der Waals surface area contributed by atoms with Crippen LogP contribution in [0.2, 0.25) is 0 Å². The average molecular weight is 272 g/mol. The highest BCUT2D eigenvalue weighted by molar-refractivity contribution is 7.89. The molecule has 0 heterocycles. The summed E-state index contributed by atoms with van der Waals surface area (Å²) in [4.78, 5) is 10.5. The molecule has 0 fully saturated rings. The molecule has 8 heteroatoms. The number of carbonyl (C=O) groups excluding carboxylic acids is 1. The van der Waals surface area contributed by atoms with Crippen LogP contribution in [0.15, 0.2) is 23.1 Å². The Morgan fingerprint density at radius 1 is 1.33 bits per heavy atom. The zero-order valence-electron chi connectivity index (χ0n) is 9.93. The number of nitrogens with one attached hydrogen (secondary N) is 2. The predicted octanol–water partition coefficient (Wildman–Crippen LogP) is -0.476. The number of nitrogens with two attached hydrogens (primary N) is 2. The van der Waals surface area contributed by atoms with E-state index in [0.29, 0.717) is 11.3 Å². The van der Waals surface area contributed by atoms with Gasteiger partial charge >= 0.3 is 6.03 Å². The minimum atomic E-state index is -3.63. The Labute approximate surface area is 106 Å². The lowest BCUT2D eigenvalue weighted by molar-refractivity contribution is 0.249. The highest BCUT2D eigenvalue weighted by Gasteiger charge is 2.16. The van der Waals surface area contributed by atoms with Crippen molar-refractivity contribution >= 4 is 21.7 Å². The molecule has 6 N–H and O–H groups in total. The third kappa shape index (κ3) is 3.90. The van der Waals surface area contributed by atoms with Gasteiger partial charge in [-0.1, -0.05) is 6.07 Å². The molecule has 18 heavy (non-hydrogen) atoms. The monoisotopic (exact) mass is 272 g/mol. The Morgan fingerprint density at radius 2 is 2.00 bits per heavy atom. The van der Waals surface area contributed by atoms with Gasteiger partial charge in [-0.05, 0) is 24.6 Å². The van der Waals surface area contributed by atoms with E-state index in [2.05, 4.69) is 10.0 Å². The van der Waals surface area contributed by atoms with Crippen molar-refractivity contribution < 1.29 is 13.2 Å². The normalized spacial score (nSPS) is 11.2. The van der Waals surface area contributed by atoms with E-state index in [0.717, 1.165) is 0 Å². The minimum Gasteiger partial charge on any atom is -0.399 e. The molecule has 0 saturated heterocycles. The SMILES string of the molecule is Cc1ccc(N)cc1S(=O)(=O)NCCNC(N)=O. The molecule has 2 amide bonds. The second-order valence-corrected chi connectivity index (χ2v) is 5.45. The molecular formula is C10H16N4O3S. The van der Waals surface area contributed by atoms with Crippen molar-refractivity contribution in [2.24, 2.45) is 5.73 Å². The van der Waals surface area contributed by atoms with Gasteiger partial charge in [-0.2, -0.15) is 0 Å². The average Bonchev–Trinajstić information content (AvgIpc) is 2.27. The summed E-state index contributed by atoms with van der Waals surface area (Å²) in [5, 5.41) is 2.28. The summed E-state index contributed by atoms with van der Waals surface area (Å²) in [6, 6.07) is 3.95. The lowest BCUT2D eigenvalue weighted by Gasteiger charge is -2.10. The van der Waals surface area contributed by atoms with Gasteiger partial charge in [-0.3, -0.25) is 0 Å². The number of carbonyl (C=O) groups is 1. The van der Waals surface area contributed by atoms with Gasteiger partial charge in [-0.25, -0.2) is 17.9 Å². The lowest BCUT2D eigenvalue weighted by Crippen LogP contribution is -2.37. The fourth-order valence-corrected chi connectivity index (χ4v) is 2.66. The fraction of sp³-hybridized carbons (Fsp3) is 0.300. The molecule has 0 saturated carbocycles. The number of benzene rings is 1. The highest BCUT2D eigenvalue weighted by atomic mass is 32.2. The van der Waals surface area contributed by atoms with E-state index < -0.39 is 16.1 Å². The number of aryl methyl sites for hydroxylation is 1. The van der Waals surface area contributed by atoms with Crippen molar-refractivity contribution in [3.8, 4) is 0 Å². The Kier molecular flexibility index (Phi) is 4.51. The Balaban J connectivity index is 2.74. The van der Waals surface area contributed by atoms with Gasteiger partial charge in [0.15, 0.2) is 0 Å². The van der Waals surface area contributed by atoms with Crippen LogP contribution in [0.5, 0.6) is 0 Å². The van der Waals surface area contributed by atoms with E-state index in [-0.39, 0.29) is 18.0 Å². The molecule has 0 aliphatic carbocycles. The first-order valence-electron chi connectivity index (χ1n) is 5.22. The third-order valence-corrected chi connectivity index (χ3v) is 3.82. The summed E-state index contributed by atoms with van der Waals surface area (Å²) in [6.45, 7) is 1.85. The number of rotatable bonds is 5. The zero-order chi connectivity index (χ0) is 13.8. The molecule has 1 aromatic rings. The van der Waals surface area contributed by atoms with Crippen LogP contribution in [0.4, 0.5) is 10.5 Å². The number of primary amides is 1. The van der Waals surface area contributed by atoms with Gasteiger partial charge in [0.05, 0.1) is 4.90 Å². The third-order valence-electron chi connectivity index (χ3n) is 2.22. The first-order valence-corrected chi connectivity index (χ1v) is 6.70. The van der Waals surface area contributed by atoms with Crippen LogP contribution >= 0.6 is 0 Å². The maximum Gasteiger partial charge on any atom is 0.312 e. The maximum atomic E-state index is 11.9. The van der Waals surface area contributed by atoms with Crippen LogP contribution in [-0.2, 0) is 10.0 Å². The van der Waals surface area contributed by atoms with Gasteiger partial charge in [0.25, 0.3) is 0 Å². The second kappa shape index (κ2) is 5.69. The predicted molar refractivity (Wildman–Crippen MR) is 68.4 cm³/mol. The van der Waals surface area contributed by atoms with Gasteiger partial charge in [-0.15, -0.1) is 0 Å². The van der Waals surface area contributed by atoms with Crippen molar-refractivity contribution in [3.63, 3.8) is 0 Å². The van der Waals surface area contributed by atoms with E-state index in [1.54, 1.807) is 19.1 Å². The Morgan fingerprint density at radius 3 is 2.61 bits per heavy atom. The van der Waals surface area contributed by atoms with Crippen molar-refractivity contribution in [3.05, 3.63) is 23.8 Å². The van der Waals surface area contributed by atoms with Gasteiger partial charge in [0, 0.05) is 18.8 Å². The van der Waals surface area contributed by atoms with Gasteiger partial charge in [0.2, 0.25) is 10.0 Å². The molecule has 0 aromatic heterocycles. The standard InChI is InChI=1S/C10H16N4O3S/c1-7-2-3-8(11)6-9(7)18(16,17)14-5-4-13-10(12)15/h2-3,6,14H,4-5,11H2,1H3,(H3,12,13,15). The van der Waals surface area contributed by atoms with E-state index in [9.17, 15) is 13.2 Å². The lowest BCUT2D eigenvalue weighted by atomic mass is 10.2. The van der Waals surface area contributed by atoms with Crippen molar-refractivity contribution in [1.82, 2.24) is 10.0 Å². The molecule has 1 rings (SSSR count). The van der Waals surface area contributed by atoms with Gasteiger partial charge in [0.1, 0.15) is 0 Å². The Bertz CT molecular complexity index is 542. The highest BCUT2D eigenvalue weighted by Crippen LogP contribution is 2.17. The molecule has 0 aliphatic rings. The molecule has 1 aromatic carbocycles. The van der Waals surface area contributed by atoms with E-state index in [1.807, 2.05) is 0 Å². The van der Waals surface area contributed by atoms with Crippen LogP contribution in [0.3, 0.4) is 0 Å². The van der Waals surface area contributed by atoms with Gasteiger partial charge < -0.3 is 16.8 Å². The van der Waals surface area contributed by atoms with E-state index in [1.165, 1.54) is 6.07 Å². The minimum absolute atomic E-state index is 0.0551. The maximum absolute atomic E-state index is 11.9. The van der Waals surface area contributed by atoms with Crippen LogP contribution in [0.25, 0.3) is 0 Å². The first kappa shape index (κ1) is 14.3. The van der Waals surface area contributed by atoms with Crippen LogP contribution in [-0.4, -0.2) is 27.5 Å². The van der Waals surface area contributed by atoms with E-state index >= 15 is 0 Å². The number of sulfonamides is 1. The smallest absolute Gasteiger partial charge is 0.312 e. The van der Waals surface area contributed by atoms with Crippen LogP contribution in [0.1, 0.15) is 5.56 Å². The summed E-state index contributed by atoms with van der Waals surface area (Å²) in [6.07, 6.45) is 0. The zero-order valence-corrected chi connectivity index (χ0v) is 10.8. The summed E-state index contributed by atoms with van der Waals surface area (Å²) in [7, 11) is -3.63. The molecule has 0 spiro atoms. The van der Waals surface area contributed by atoms with Crippen molar-refractivity contribution in [2.45, 2.75) is 11.8 Å². The molecular weight excluding hydrogens is 256 g/mol. The molecule has 100 valence electrons. The summed E-state index contributed by atoms with van der Waals surface area (Å²) >= 11 is 0. The summed E-state index contributed by atoms with van der Waals surface area (Å²) in [5.74, 6) is 0. The first-order chi connectivity index (χ1) is 8.33. The second-order valence-electron chi connectivity index (χ2n) is 3.71. The topological polar surface area (TPSA) is 127 Å². The van der Waals surface area contributed by atoms with Crippen LogP contribution in [0, 0.1) is 6.92 Å². The molecule has 7 nitrogen and oxygen atoms in total. The summed E-state index contributed by atoms with van der Waals surface area (Å²) < 4.78 is 26.2. The largest absolute Gasteiger partial charge is 0.399 e. The molecule has 0 bridgehead atoms. The van der Waals surface area contributed by atoms with Crippen molar-refractivity contribution in [2.75, 3.05) is 18.8 Å². The fourth-order valence-electron chi connectivity index (χ4n) is 1.36. The number of nitrogen functional groups attached to an aromatic ring is 1. The Hall–Kier alpha value is -1.80. The molecule has 0 atom stereocenters. The number of amides is 2. The number of hydrogen-bond acceptors (Lipinski definition) is 4. The molecule has 0 aliphatic heterocycles. The number of anilines is 1. The van der Waals surface area contributed by atoms with E-state index in [4.69, 9.17) is 11.5 Å². The number of urea groups is 1.